The van der Waals surface area contributed by atoms with Crippen molar-refractivity contribution in [2.24, 2.45) is 0 Å². The number of allylic oxidation sites excluding steroid dienone is 6. The fourth-order valence-corrected chi connectivity index (χ4v) is 3.66. The van der Waals surface area contributed by atoms with Crippen LogP contribution in [0.15, 0.2) is 34.9 Å². The standard InChI is InChI=1S/C18H32O8P2/c1-15(2)8-5-9-16(3)10-6-11-17(4)12-7-13-18(19)14-25-28(23,24)26-27(20,21)22/h8,10,12H,5-7,9,11,13-14H2,1-4H3,(H,23,24)(H2,20,21,22)/p-3/b16-10+,17-12+. The zero-order chi connectivity index (χ0) is 21.8. The topological polar surface area (TPSA) is 139 Å². The van der Waals surface area contributed by atoms with Crippen molar-refractivity contribution >= 4 is 21.4 Å². The molecule has 0 rings (SSSR count). The Labute approximate surface area is 167 Å². The molecule has 0 aliphatic carbocycles. The zero-order valence-electron chi connectivity index (χ0n) is 16.8. The van der Waals surface area contributed by atoms with Gasteiger partial charge in [-0.2, -0.15) is 0 Å². The van der Waals surface area contributed by atoms with Crippen molar-refractivity contribution < 1.29 is 37.4 Å². The number of phosphoric acid groups is 2. The fourth-order valence-electron chi connectivity index (χ4n) is 2.19. The molecule has 0 aliphatic rings. The van der Waals surface area contributed by atoms with Crippen molar-refractivity contribution in [1.29, 1.82) is 0 Å². The molecule has 1 atom stereocenters. The van der Waals surface area contributed by atoms with E-state index in [9.17, 15) is 28.6 Å². The van der Waals surface area contributed by atoms with Gasteiger partial charge in [-0.1, -0.05) is 34.9 Å². The van der Waals surface area contributed by atoms with Crippen LogP contribution in [0.2, 0.25) is 0 Å². The van der Waals surface area contributed by atoms with E-state index in [0.29, 0.717) is 6.42 Å². The van der Waals surface area contributed by atoms with Gasteiger partial charge in [0.25, 0.3) is 7.82 Å². The minimum Gasteiger partial charge on any atom is -0.790 e. The summed E-state index contributed by atoms with van der Waals surface area (Å²) in [6, 6.07) is 0. The highest BCUT2D eigenvalue weighted by molar-refractivity contribution is 7.58. The molecule has 0 radical (unpaired) electrons. The lowest BCUT2D eigenvalue weighted by molar-refractivity contribution is -0.339. The lowest BCUT2D eigenvalue weighted by atomic mass is 10.1. The van der Waals surface area contributed by atoms with E-state index in [0.717, 1.165) is 31.3 Å². The second-order valence-electron chi connectivity index (χ2n) is 6.79. The summed E-state index contributed by atoms with van der Waals surface area (Å²) in [5.41, 5.74) is 3.76. The smallest absolute Gasteiger partial charge is 0.272 e. The molecule has 0 fully saturated rings. The number of ketones is 1. The van der Waals surface area contributed by atoms with Crippen LogP contribution in [0.4, 0.5) is 0 Å². The van der Waals surface area contributed by atoms with Crippen molar-refractivity contribution in [3.8, 4) is 0 Å². The average molecular weight is 435 g/mol. The molecular formula is C18H29O8P2-3. The van der Waals surface area contributed by atoms with E-state index in [4.69, 9.17) is 0 Å². The van der Waals surface area contributed by atoms with Crippen molar-refractivity contribution in [2.75, 3.05) is 6.61 Å². The second-order valence-corrected chi connectivity index (χ2v) is 9.49. The summed E-state index contributed by atoms with van der Waals surface area (Å²) in [7, 11) is -11.1. The molecule has 0 heterocycles. The molecule has 0 aromatic heterocycles. The summed E-state index contributed by atoms with van der Waals surface area (Å²) in [5.74, 6) is -0.551. The monoisotopic (exact) mass is 435 g/mol. The molecule has 0 amide bonds. The molecule has 0 N–H and O–H groups in total. The number of hydrogen-bond donors (Lipinski definition) is 0. The largest absolute Gasteiger partial charge is 0.790 e. The van der Waals surface area contributed by atoms with E-state index in [1.807, 2.05) is 13.0 Å². The van der Waals surface area contributed by atoms with Crippen LogP contribution in [-0.4, -0.2) is 12.4 Å². The van der Waals surface area contributed by atoms with E-state index in [1.54, 1.807) is 0 Å². The summed E-state index contributed by atoms with van der Waals surface area (Å²) in [4.78, 5) is 43.1. The Hall–Kier alpha value is -0.850. The first-order valence-corrected chi connectivity index (χ1v) is 11.9. The summed E-state index contributed by atoms with van der Waals surface area (Å²) in [6.45, 7) is 7.34. The van der Waals surface area contributed by atoms with Crippen molar-refractivity contribution in [3.63, 3.8) is 0 Å². The Morgan fingerprint density at radius 2 is 1.29 bits per heavy atom. The molecule has 10 heteroatoms. The Morgan fingerprint density at radius 3 is 1.75 bits per heavy atom. The number of hydrogen-bond acceptors (Lipinski definition) is 8. The minimum atomic E-state index is -5.74. The molecule has 8 nitrogen and oxygen atoms in total. The Bertz CT molecular complexity index is 684. The van der Waals surface area contributed by atoms with Gasteiger partial charge in [-0.15, -0.1) is 0 Å². The van der Waals surface area contributed by atoms with Crippen LogP contribution in [0.3, 0.4) is 0 Å². The maximum absolute atomic E-state index is 11.6. The second kappa shape index (κ2) is 13.4. The number of rotatable bonds is 14. The van der Waals surface area contributed by atoms with Gasteiger partial charge in [-0.05, 0) is 59.8 Å². The first-order chi connectivity index (χ1) is 12.8. The maximum atomic E-state index is 11.6. The van der Waals surface area contributed by atoms with Gasteiger partial charge in [-0.25, -0.2) is 0 Å². The quantitative estimate of drug-likeness (QED) is 0.300. The Morgan fingerprint density at radius 1 is 0.821 bits per heavy atom. The van der Waals surface area contributed by atoms with Crippen LogP contribution in [0.25, 0.3) is 0 Å². The lowest BCUT2D eigenvalue weighted by Crippen LogP contribution is -2.20. The van der Waals surface area contributed by atoms with Crippen LogP contribution in [-0.2, 0) is 22.8 Å². The van der Waals surface area contributed by atoms with Crippen LogP contribution in [0, 0.1) is 0 Å². The van der Waals surface area contributed by atoms with Crippen molar-refractivity contribution in [2.45, 2.75) is 66.2 Å². The molecule has 0 aliphatic heterocycles. The van der Waals surface area contributed by atoms with Gasteiger partial charge in [0.15, 0.2) is 5.78 Å². The molecule has 0 spiro atoms. The number of carbonyl (C=O) groups is 1. The van der Waals surface area contributed by atoms with Gasteiger partial charge in [0.05, 0.1) is 7.82 Å². The first kappa shape index (κ1) is 27.1. The van der Waals surface area contributed by atoms with E-state index in [-0.39, 0.29) is 6.42 Å². The predicted octanol–water partition coefficient (Wildman–Crippen LogP) is 3.09. The highest BCUT2D eigenvalue weighted by atomic mass is 31.3. The van der Waals surface area contributed by atoms with E-state index in [1.165, 1.54) is 11.1 Å². The van der Waals surface area contributed by atoms with Crippen LogP contribution >= 0.6 is 15.6 Å². The number of Topliss-reactive ketones (excluding diaryl/α,β-unsaturated/α-hetero) is 1. The van der Waals surface area contributed by atoms with Crippen LogP contribution in [0.1, 0.15) is 66.2 Å². The Balaban J connectivity index is 4.14. The third-order valence-corrected chi connectivity index (χ3v) is 5.67. The SMILES string of the molecule is CC(C)=CCC/C(C)=C/CC/C(C)=C/CCC(=O)COP(=O)([O-])OP(=O)([O-])[O-]. The van der Waals surface area contributed by atoms with Crippen molar-refractivity contribution in [3.05, 3.63) is 34.9 Å². The lowest BCUT2D eigenvalue weighted by Gasteiger charge is -2.34. The number of phosphoric ester groups is 1. The molecule has 1 unspecified atom stereocenters. The molecule has 0 saturated heterocycles. The average Bonchev–Trinajstić information content (AvgIpc) is 2.50. The number of carbonyl (C=O) groups excluding carboxylic acids is 1. The minimum absolute atomic E-state index is 0.0291. The highest BCUT2D eigenvalue weighted by Gasteiger charge is 2.14. The van der Waals surface area contributed by atoms with E-state index < -0.39 is 28.0 Å². The van der Waals surface area contributed by atoms with Gasteiger partial charge in [0.2, 0.25) is 0 Å². The fraction of sp³-hybridized carbons (Fsp3) is 0.611. The first-order valence-electron chi connectivity index (χ1n) is 8.96. The predicted molar refractivity (Wildman–Crippen MR) is 102 cm³/mol. The molecule has 28 heavy (non-hydrogen) atoms. The third-order valence-electron chi connectivity index (χ3n) is 3.62. The van der Waals surface area contributed by atoms with Crippen LogP contribution < -0.4 is 14.7 Å². The molecule has 0 bridgehead atoms. The summed E-state index contributed by atoms with van der Waals surface area (Å²) in [5, 5.41) is 0. The zero-order valence-corrected chi connectivity index (χ0v) is 18.6. The van der Waals surface area contributed by atoms with E-state index >= 15 is 0 Å². The molecule has 0 aromatic rings. The summed E-state index contributed by atoms with van der Waals surface area (Å²) < 4.78 is 28.6. The molecular weight excluding hydrogens is 406 g/mol. The van der Waals surface area contributed by atoms with Gasteiger partial charge in [-0.3, -0.25) is 13.7 Å². The third kappa shape index (κ3) is 17.3. The van der Waals surface area contributed by atoms with Crippen molar-refractivity contribution in [1.82, 2.24) is 0 Å². The Kier molecular flexibility index (Phi) is 13.0. The molecule has 162 valence electrons. The van der Waals surface area contributed by atoms with E-state index in [2.05, 4.69) is 41.8 Å². The van der Waals surface area contributed by atoms with Gasteiger partial charge in [0.1, 0.15) is 6.61 Å². The van der Waals surface area contributed by atoms with Gasteiger partial charge < -0.3 is 23.8 Å². The van der Waals surface area contributed by atoms with Crippen LogP contribution in [0.5, 0.6) is 0 Å². The normalized spacial score (nSPS) is 15.2. The van der Waals surface area contributed by atoms with Gasteiger partial charge >= 0.3 is 0 Å². The molecule has 0 saturated carbocycles. The summed E-state index contributed by atoms with van der Waals surface area (Å²) >= 11 is 0. The summed E-state index contributed by atoms with van der Waals surface area (Å²) in [6.07, 6.45) is 10.6. The van der Waals surface area contributed by atoms with Gasteiger partial charge in [0, 0.05) is 6.42 Å². The molecule has 0 aromatic carbocycles. The maximum Gasteiger partial charge on any atom is 0.272 e. The highest BCUT2D eigenvalue weighted by Crippen LogP contribution is 2.50.